The number of halogens is 4. The molecule has 0 atom stereocenters. The zero-order valence-corrected chi connectivity index (χ0v) is 21.1. The standard InChI is InChI=1S/C33H22F4O2/c1-19-28(34)30(36)32(31(37)29(19)35)39-23-17-13-21(14-18-23)33(20-11-15-22(38-2)16-12-20)26-9-5-3-7-24(26)25-8-4-6-10-27(25)33/h3-18H,1-2H3. The molecule has 0 aromatic heterocycles. The Kier molecular flexibility index (Phi) is 5.91. The van der Waals surface area contributed by atoms with Crippen LogP contribution < -0.4 is 9.47 Å². The molecule has 0 radical (unpaired) electrons. The van der Waals surface area contributed by atoms with Crippen LogP contribution in [0.3, 0.4) is 0 Å². The zero-order valence-electron chi connectivity index (χ0n) is 21.1. The van der Waals surface area contributed by atoms with Crippen molar-refractivity contribution < 1.29 is 27.0 Å². The van der Waals surface area contributed by atoms with Crippen LogP contribution in [0.15, 0.2) is 97.1 Å². The monoisotopic (exact) mass is 526 g/mol. The van der Waals surface area contributed by atoms with Crippen LogP contribution >= 0.6 is 0 Å². The average molecular weight is 527 g/mol. The number of benzene rings is 5. The minimum Gasteiger partial charge on any atom is -0.497 e. The molecule has 1 aliphatic carbocycles. The first-order chi connectivity index (χ1) is 18.9. The van der Waals surface area contributed by atoms with Gasteiger partial charge in [-0.05, 0) is 64.6 Å². The summed E-state index contributed by atoms with van der Waals surface area (Å²) >= 11 is 0. The third kappa shape index (κ3) is 3.62. The highest BCUT2D eigenvalue weighted by Crippen LogP contribution is 2.56. The topological polar surface area (TPSA) is 18.5 Å². The molecule has 0 amide bonds. The fourth-order valence-corrected chi connectivity index (χ4v) is 5.57. The lowest BCUT2D eigenvalue weighted by atomic mass is 9.68. The highest BCUT2D eigenvalue weighted by Gasteiger charge is 2.45. The summed E-state index contributed by atoms with van der Waals surface area (Å²) < 4.78 is 67.9. The van der Waals surface area contributed by atoms with E-state index >= 15 is 0 Å². The molecule has 0 saturated carbocycles. The Balaban J connectivity index is 1.53. The maximum atomic E-state index is 14.5. The lowest BCUT2D eigenvalue weighted by Crippen LogP contribution is -2.28. The van der Waals surface area contributed by atoms with E-state index in [-0.39, 0.29) is 5.75 Å². The largest absolute Gasteiger partial charge is 0.497 e. The van der Waals surface area contributed by atoms with Gasteiger partial charge in [0.1, 0.15) is 11.5 Å². The van der Waals surface area contributed by atoms with E-state index in [1.807, 2.05) is 48.5 Å². The highest BCUT2D eigenvalue weighted by molar-refractivity contribution is 5.86. The Morgan fingerprint density at radius 1 is 0.538 bits per heavy atom. The van der Waals surface area contributed by atoms with Gasteiger partial charge in [-0.3, -0.25) is 0 Å². The molecule has 5 aromatic rings. The Morgan fingerprint density at radius 3 is 1.44 bits per heavy atom. The molecule has 0 heterocycles. The Bertz CT molecular complexity index is 1640. The third-order valence-electron chi connectivity index (χ3n) is 7.43. The first-order valence-electron chi connectivity index (χ1n) is 12.3. The van der Waals surface area contributed by atoms with Crippen molar-refractivity contribution in [2.24, 2.45) is 0 Å². The molecule has 0 N–H and O–H groups in total. The van der Waals surface area contributed by atoms with Gasteiger partial charge >= 0.3 is 0 Å². The molecule has 0 unspecified atom stereocenters. The zero-order chi connectivity index (χ0) is 27.3. The Morgan fingerprint density at radius 2 is 0.974 bits per heavy atom. The minimum absolute atomic E-state index is 0.0312. The van der Waals surface area contributed by atoms with E-state index in [0.717, 1.165) is 46.1 Å². The summed E-state index contributed by atoms with van der Waals surface area (Å²) in [7, 11) is 1.61. The van der Waals surface area contributed by atoms with Gasteiger partial charge in [-0.15, -0.1) is 0 Å². The van der Waals surface area contributed by atoms with Crippen molar-refractivity contribution in [2.75, 3.05) is 7.11 Å². The van der Waals surface area contributed by atoms with Gasteiger partial charge in [-0.2, -0.15) is 8.78 Å². The Hall–Kier alpha value is -4.58. The summed E-state index contributed by atoms with van der Waals surface area (Å²) in [6, 6.07) is 30.9. The number of hydrogen-bond acceptors (Lipinski definition) is 2. The van der Waals surface area contributed by atoms with Crippen LogP contribution in [0.4, 0.5) is 17.6 Å². The van der Waals surface area contributed by atoms with Gasteiger partial charge in [0, 0.05) is 5.56 Å². The van der Waals surface area contributed by atoms with Crippen LogP contribution in [0.25, 0.3) is 11.1 Å². The summed E-state index contributed by atoms with van der Waals surface area (Å²) in [4.78, 5) is 0. The van der Waals surface area contributed by atoms with Crippen LogP contribution in [0.1, 0.15) is 27.8 Å². The normalized spacial score (nSPS) is 13.1. The van der Waals surface area contributed by atoms with Gasteiger partial charge < -0.3 is 9.47 Å². The number of hydrogen-bond donors (Lipinski definition) is 0. The minimum atomic E-state index is -1.58. The molecule has 0 saturated heterocycles. The lowest BCUT2D eigenvalue weighted by molar-refractivity contribution is 0.362. The quantitative estimate of drug-likeness (QED) is 0.165. The molecular formula is C33H22F4O2. The van der Waals surface area contributed by atoms with Crippen molar-refractivity contribution in [3.05, 3.63) is 148 Å². The first kappa shape index (κ1) is 24.7. The summed E-state index contributed by atoms with van der Waals surface area (Å²) in [5.41, 5.74) is 4.75. The summed E-state index contributed by atoms with van der Waals surface area (Å²) in [6.07, 6.45) is 0. The second kappa shape index (κ2) is 9.31. The molecule has 1 aliphatic rings. The fourth-order valence-electron chi connectivity index (χ4n) is 5.57. The van der Waals surface area contributed by atoms with Gasteiger partial charge in [0.05, 0.1) is 12.5 Å². The third-order valence-corrected chi connectivity index (χ3v) is 7.43. The molecular weight excluding hydrogens is 504 g/mol. The molecule has 5 aromatic carbocycles. The van der Waals surface area contributed by atoms with E-state index < -0.39 is 40.0 Å². The van der Waals surface area contributed by atoms with Gasteiger partial charge in [0.25, 0.3) is 0 Å². The van der Waals surface area contributed by atoms with E-state index in [1.165, 1.54) is 0 Å². The van der Waals surface area contributed by atoms with Crippen molar-refractivity contribution in [3.63, 3.8) is 0 Å². The van der Waals surface area contributed by atoms with Gasteiger partial charge in [0.15, 0.2) is 11.6 Å². The SMILES string of the molecule is COc1ccc(C2(c3ccc(Oc4c(F)c(F)c(C)c(F)c4F)cc3)c3ccccc3-c3ccccc32)cc1. The number of fused-ring (bicyclic) bond motifs is 3. The van der Waals surface area contributed by atoms with Crippen LogP contribution in [0, 0.1) is 30.2 Å². The average Bonchev–Trinajstić information content (AvgIpc) is 3.29. The maximum absolute atomic E-state index is 14.5. The van der Waals surface area contributed by atoms with E-state index in [0.29, 0.717) is 0 Å². The van der Waals surface area contributed by atoms with Gasteiger partial charge in [0.2, 0.25) is 17.4 Å². The predicted molar refractivity (Wildman–Crippen MR) is 141 cm³/mol. The van der Waals surface area contributed by atoms with Crippen molar-refractivity contribution >= 4 is 0 Å². The first-order valence-corrected chi connectivity index (χ1v) is 12.3. The molecule has 0 spiro atoms. The molecule has 0 bridgehead atoms. The Labute approximate surface area is 223 Å². The summed E-state index contributed by atoms with van der Waals surface area (Å²) in [6.45, 7) is 0.964. The molecule has 39 heavy (non-hydrogen) atoms. The van der Waals surface area contributed by atoms with Crippen molar-refractivity contribution in [3.8, 4) is 28.4 Å². The molecule has 6 rings (SSSR count). The summed E-state index contributed by atoms with van der Waals surface area (Å²) in [5, 5.41) is 0. The van der Waals surface area contributed by atoms with Gasteiger partial charge in [-0.25, -0.2) is 8.78 Å². The van der Waals surface area contributed by atoms with Gasteiger partial charge in [-0.1, -0.05) is 72.8 Å². The van der Waals surface area contributed by atoms with Crippen LogP contribution in [0.2, 0.25) is 0 Å². The molecule has 2 nitrogen and oxygen atoms in total. The summed E-state index contributed by atoms with van der Waals surface area (Å²) in [5.74, 6) is -6.50. The predicted octanol–water partition coefficient (Wildman–Crippen LogP) is 8.72. The van der Waals surface area contributed by atoms with Crippen LogP contribution in [-0.4, -0.2) is 7.11 Å². The lowest BCUT2D eigenvalue weighted by Gasteiger charge is -2.34. The van der Waals surface area contributed by atoms with Crippen LogP contribution in [-0.2, 0) is 5.41 Å². The number of rotatable bonds is 5. The van der Waals surface area contributed by atoms with Crippen molar-refractivity contribution in [1.29, 1.82) is 0 Å². The second-order valence-electron chi connectivity index (χ2n) is 9.41. The maximum Gasteiger partial charge on any atom is 0.204 e. The van der Waals surface area contributed by atoms with E-state index in [4.69, 9.17) is 9.47 Å². The highest BCUT2D eigenvalue weighted by atomic mass is 19.2. The van der Waals surface area contributed by atoms with Crippen LogP contribution in [0.5, 0.6) is 17.2 Å². The van der Waals surface area contributed by atoms with Crippen molar-refractivity contribution in [2.45, 2.75) is 12.3 Å². The fraction of sp³-hybridized carbons (Fsp3) is 0.0909. The van der Waals surface area contributed by atoms with E-state index in [1.54, 1.807) is 31.4 Å². The van der Waals surface area contributed by atoms with E-state index in [9.17, 15) is 17.6 Å². The molecule has 0 aliphatic heterocycles. The molecule has 194 valence electrons. The molecule has 0 fully saturated rings. The number of methoxy groups -OCH3 is 1. The molecule has 6 heteroatoms. The van der Waals surface area contributed by atoms with E-state index in [2.05, 4.69) is 24.3 Å². The number of ether oxygens (including phenoxy) is 2. The smallest absolute Gasteiger partial charge is 0.204 e. The van der Waals surface area contributed by atoms with Crippen molar-refractivity contribution in [1.82, 2.24) is 0 Å². The second-order valence-corrected chi connectivity index (χ2v) is 9.41.